The van der Waals surface area contributed by atoms with E-state index in [0.717, 1.165) is 11.1 Å². The van der Waals surface area contributed by atoms with Crippen LogP contribution >= 0.6 is 0 Å². The molecule has 0 fully saturated rings. The number of allylic oxidation sites excluding steroid dienone is 3. The smallest absolute Gasteiger partial charge is 0.259 e. The highest BCUT2D eigenvalue weighted by molar-refractivity contribution is 7.92. The fourth-order valence-corrected chi connectivity index (χ4v) is 7.55. The third-order valence-electron chi connectivity index (χ3n) is 8.45. The summed E-state index contributed by atoms with van der Waals surface area (Å²) >= 11 is 0. The Hall–Kier alpha value is -4.04. The maximum atomic E-state index is 13.7. The monoisotopic (exact) mass is 589 g/mol. The van der Waals surface area contributed by atoms with Crippen LogP contribution in [0.5, 0.6) is 17.2 Å². The van der Waals surface area contributed by atoms with Crippen molar-refractivity contribution in [1.29, 1.82) is 0 Å². The van der Waals surface area contributed by atoms with Gasteiger partial charge in [-0.05, 0) is 52.8 Å². The number of rotatable bonds is 7. The zero-order valence-corrected chi connectivity index (χ0v) is 25.7. The molecule has 0 aromatic heterocycles. The Morgan fingerprint density at radius 2 is 1.57 bits per heavy atom. The molecule has 0 heterocycles. The molecule has 3 aromatic carbocycles. The van der Waals surface area contributed by atoms with Crippen LogP contribution in [0.4, 0.5) is 5.69 Å². The summed E-state index contributed by atoms with van der Waals surface area (Å²) in [5.41, 5.74) is 1.37. The Morgan fingerprint density at radius 3 is 2.19 bits per heavy atom. The van der Waals surface area contributed by atoms with E-state index in [2.05, 4.69) is 19.2 Å². The van der Waals surface area contributed by atoms with Crippen molar-refractivity contribution >= 4 is 21.4 Å². The predicted octanol–water partition coefficient (Wildman–Crippen LogP) is 7.09. The number of benzene rings is 3. The summed E-state index contributed by atoms with van der Waals surface area (Å²) in [6.45, 7) is 12.1. The van der Waals surface area contributed by atoms with Crippen LogP contribution in [0.3, 0.4) is 0 Å². The second kappa shape index (κ2) is 11.3. The Kier molecular flexibility index (Phi) is 8.33. The Bertz CT molecular complexity index is 1660. The molecular formula is C34H39NO6S. The van der Waals surface area contributed by atoms with Gasteiger partial charge in [-0.2, -0.15) is 0 Å². The Balaban J connectivity index is 1.60. The number of nitrogens with one attached hydrogen (secondary N) is 1. The standard InChI is InChI=1S/C34H39NO6S/c1-21(2)26-12-8-7-11-22(26)19-23-20-27(30(37)31(38)29(23)36)32(39)35-24-14-16-25(17-15-24)42(40,41)28-13-9-10-18-34(28,6)33(3,4)5/h7-18,20-21,28,36-38H,19H2,1-6H3,(H,35,39). The molecule has 0 bridgehead atoms. The summed E-state index contributed by atoms with van der Waals surface area (Å²) in [6.07, 6.45) is 7.52. The number of aromatic hydroxyl groups is 3. The van der Waals surface area contributed by atoms with E-state index in [1.807, 2.05) is 64.1 Å². The van der Waals surface area contributed by atoms with E-state index in [1.54, 1.807) is 12.2 Å². The molecule has 3 aromatic rings. The highest BCUT2D eigenvalue weighted by atomic mass is 32.2. The minimum Gasteiger partial charge on any atom is -0.504 e. The van der Waals surface area contributed by atoms with Gasteiger partial charge in [0.1, 0.15) is 0 Å². The van der Waals surface area contributed by atoms with Crippen molar-refractivity contribution in [3.8, 4) is 17.2 Å². The lowest BCUT2D eigenvalue weighted by molar-refractivity contribution is 0.102. The molecule has 0 aliphatic heterocycles. The Labute approximate surface area is 248 Å². The van der Waals surface area contributed by atoms with Crippen LogP contribution in [-0.2, 0) is 16.3 Å². The molecule has 2 atom stereocenters. The molecule has 1 amide bonds. The summed E-state index contributed by atoms with van der Waals surface area (Å²) in [5, 5.41) is 33.4. The number of hydrogen-bond acceptors (Lipinski definition) is 6. The first-order valence-electron chi connectivity index (χ1n) is 13.9. The van der Waals surface area contributed by atoms with Gasteiger partial charge in [0.15, 0.2) is 21.3 Å². The normalized spacial score (nSPS) is 18.8. The van der Waals surface area contributed by atoms with Gasteiger partial charge >= 0.3 is 0 Å². The minimum absolute atomic E-state index is 0.122. The number of sulfone groups is 1. The average Bonchev–Trinajstić information content (AvgIpc) is 2.93. The van der Waals surface area contributed by atoms with E-state index in [9.17, 15) is 28.5 Å². The lowest BCUT2D eigenvalue weighted by Gasteiger charge is -2.45. The summed E-state index contributed by atoms with van der Waals surface area (Å²) in [5.74, 6) is -2.53. The summed E-state index contributed by atoms with van der Waals surface area (Å²) in [4.78, 5) is 13.3. The fourth-order valence-electron chi connectivity index (χ4n) is 5.36. The van der Waals surface area contributed by atoms with Gasteiger partial charge in [-0.1, -0.05) is 90.1 Å². The number of phenols is 3. The van der Waals surface area contributed by atoms with E-state index < -0.39 is 43.7 Å². The lowest BCUT2D eigenvalue weighted by Crippen LogP contribution is -2.45. The number of carbonyl (C=O) groups is 1. The van der Waals surface area contributed by atoms with Gasteiger partial charge in [0.05, 0.1) is 15.7 Å². The van der Waals surface area contributed by atoms with Crippen molar-refractivity contribution in [1.82, 2.24) is 0 Å². The highest BCUT2D eigenvalue weighted by Gasteiger charge is 2.48. The molecule has 0 spiro atoms. The number of anilines is 1. The molecular weight excluding hydrogens is 550 g/mol. The third-order valence-corrected chi connectivity index (χ3v) is 10.7. The van der Waals surface area contributed by atoms with Crippen molar-refractivity contribution in [2.75, 3.05) is 5.32 Å². The summed E-state index contributed by atoms with van der Waals surface area (Å²) < 4.78 is 27.4. The zero-order valence-electron chi connectivity index (χ0n) is 24.8. The second-order valence-corrected chi connectivity index (χ2v) is 14.4. The molecule has 1 aliphatic rings. The van der Waals surface area contributed by atoms with Gasteiger partial charge in [0.2, 0.25) is 5.75 Å². The molecule has 4 N–H and O–H groups in total. The molecule has 1 aliphatic carbocycles. The van der Waals surface area contributed by atoms with E-state index in [4.69, 9.17) is 0 Å². The van der Waals surface area contributed by atoms with Crippen LogP contribution in [0.15, 0.2) is 83.8 Å². The molecule has 8 heteroatoms. The first-order valence-corrected chi connectivity index (χ1v) is 15.5. The molecule has 2 unspecified atom stereocenters. The van der Waals surface area contributed by atoms with Crippen LogP contribution in [0.2, 0.25) is 0 Å². The largest absolute Gasteiger partial charge is 0.504 e. The maximum absolute atomic E-state index is 13.7. The second-order valence-electron chi connectivity index (χ2n) is 12.4. The molecule has 0 saturated heterocycles. The topological polar surface area (TPSA) is 124 Å². The zero-order chi connectivity index (χ0) is 31.0. The van der Waals surface area contributed by atoms with Gasteiger partial charge < -0.3 is 20.6 Å². The number of carbonyl (C=O) groups excluding carboxylic acids is 1. The van der Waals surface area contributed by atoms with Crippen LogP contribution in [-0.4, -0.2) is 34.9 Å². The first kappa shape index (κ1) is 30.9. The van der Waals surface area contributed by atoms with E-state index in [0.29, 0.717) is 5.69 Å². The van der Waals surface area contributed by atoms with Crippen molar-refractivity contribution in [3.05, 3.63) is 101 Å². The van der Waals surface area contributed by atoms with Crippen molar-refractivity contribution in [3.63, 3.8) is 0 Å². The molecule has 42 heavy (non-hydrogen) atoms. The number of phenolic OH excluding ortho intramolecular Hbond substituents is 3. The van der Waals surface area contributed by atoms with Crippen LogP contribution in [0.25, 0.3) is 0 Å². The predicted molar refractivity (Wildman–Crippen MR) is 166 cm³/mol. The lowest BCUT2D eigenvalue weighted by atomic mass is 9.64. The van der Waals surface area contributed by atoms with E-state index in [1.165, 1.54) is 30.3 Å². The van der Waals surface area contributed by atoms with Gasteiger partial charge in [0.25, 0.3) is 5.91 Å². The van der Waals surface area contributed by atoms with Crippen molar-refractivity contribution in [2.24, 2.45) is 10.8 Å². The van der Waals surface area contributed by atoms with Crippen LogP contribution < -0.4 is 5.32 Å². The fraction of sp³-hybridized carbons (Fsp3) is 0.324. The molecule has 0 radical (unpaired) electrons. The van der Waals surface area contributed by atoms with Crippen LogP contribution in [0, 0.1) is 10.8 Å². The Morgan fingerprint density at radius 1 is 0.929 bits per heavy atom. The average molecular weight is 590 g/mol. The molecule has 4 rings (SSSR count). The molecule has 7 nitrogen and oxygen atoms in total. The van der Waals surface area contributed by atoms with Gasteiger partial charge in [-0.25, -0.2) is 8.42 Å². The summed E-state index contributed by atoms with van der Waals surface area (Å²) in [6, 6.07) is 14.9. The SMILES string of the molecule is CC(C)c1ccccc1Cc1cc(C(=O)Nc2ccc(S(=O)(=O)C3C=CC=CC3(C)C(C)(C)C)cc2)c(O)c(O)c1O. The first-order chi connectivity index (χ1) is 19.6. The molecule has 0 saturated carbocycles. The minimum atomic E-state index is -3.76. The molecule has 222 valence electrons. The van der Waals surface area contributed by atoms with Crippen molar-refractivity contribution < 1.29 is 28.5 Å². The number of hydrogen-bond donors (Lipinski definition) is 4. The quantitative estimate of drug-likeness (QED) is 0.218. The van der Waals surface area contributed by atoms with Gasteiger partial charge in [-0.3, -0.25) is 4.79 Å². The maximum Gasteiger partial charge on any atom is 0.259 e. The van der Waals surface area contributed by atoms with Gasteiger partial charge in [0, 0.05) is 23.1 Å². The van der Waals surface area contributed by atoms with E-state index in [-0.39, 0.29) is 33.8 Å². The third kappa shape index (κ3) is 5.68. The van der Waals surface area contributed by atoms with Crippen molar-refractivity contribution in [2.45, 2.75) is 64.0 Å². The van der Waals surface area contributed by atoms with E-state index >= 15 is 0 Å². The van der Waals surface area contributed by atoms with Gasteiger partial charge in [-0.15, -0.1) is 0 Å². The summed E-state index contributed by atoms with van der Waals surface area (Å²) in [7, 11) is -3.76. The number of amides is 1. The van der Waals surface area contributed by atoms with Crippen LogP contribution in [0.1, 0.15) is 74.5 Å². The highest BCUT2D eigenvalue weighted by Crippen LogP contribution is 2.48.